The Bertz CT molecular complexity index is 415. The van der Waals surface area contributed by atoms with Crippen LogP contribution in [0.1, 0.15) is 43.2 Å². The topological polar surface area (TPSA) is 23.5 Å². The summed E-state index contributed by atoms with van der Waals surface area (Å²) < 4.78 is 0. The van der Waals surface area contributed by atoms with E-state index in [1.54, 1.807) is 0 Å². The maximum absolute atomic E-state index is 9.66. The lowest BCUT2D eigenvalue weighted by Crippen LogP contribution is -2.35. The molecule has 0 spiro atoms. The predicted molar refractivity (Wildman–Crippen MR) is 69.4 cm³/mol. The molecule has 1 aromatic carbocycles. The summed E-state index contributed by atoms with van der Waals surface area (Å²) in [6.45, 7) is 4.73. The third kappa shape index (κ3) is 1.85. The van der Waals surface area contributed by atoms with Gasteiger partial charge < -0.3 is 5.11 Å². The molecule has 1 saturated heterocycles. The fraction of sp³-hybridized carbons (Fsp3) is 0.600. The van der Waals surface area contributed by atoms with Crippen LogP contribution in [0.4, 0.5) is 0 Å². The van der Waals surface area contributed by atoms with Crippen molar-refractivity contribution in [2.45, 2.75) is 44.6 Å². The van der Waals surface area contributed by atoms with Crippen LogP contribution < -0.4 is 0 Å². The molecule has 0 unspecified atom stereocenters. The molecule has 1 heterocycles. The zero-order chi connectivity index (χ0) is 11.8. The number of hydrogen-bond donors (Lipinski definition) is 1. The second-order valence-corrected chi connectivity index (χ2v) is 5.42. The van der Waals surface area contributed by atoms with Gasteiger partial charge in [-0.05, 0) is 62.0 Å². The lowest BCUT2D eigenvalue weighted by Gasteiger charge is -2.33. The number of aryl methyl sites for hydroxylation is 1. The summed E-state index contributed by atoms with van der Waals surface area (Å²) in [7, 11) is 0. The van der Waals surface area contributed by atoms with E-state index in [0.717, 1.165) is 6.04 Å². The van der Waals surface area contributed by atoms with Gasteiger partial charge in [0.2, 0.25) is 0 Å². The molecular formula is C15H21NO. The van der Waals surface area contributed by atoms with Gasteiger partial charge in [0, 0.05) is 12.0 Å². The maximum atomic E-state index is 9.66. The molecule has 17 heavy (non-hydrogen) atoms. The van der Waals surface area contributed by atoms with Crippen LogP contribution in [0.3, 0.4) is 0 Å². The van der Waals surface area contributed by atoms with E-state index in [1.165, 1.54) is 49.9 Å². The number of aromatic hydroxyl groups is 1. The van der Waals surface area contributed by atoms with E-state index in [9.17, 15) is 5.11 Å². The highest BCUT2D eigenvalue weighted by Gasteiger charge is 2.37. The first kappa shape index (κ1) is 11.1. The van der Waals surface area contributed by atoms with E-state index in [0.29, 0.717) is 11.7 Å². The second kappa shape index (κ2) is 4.34. The Morgan fingerprint density at radius 2 is 2.24 bits per heavy atom. The van der Waals surface area contributed by atoms with E-state index in [4.69, 9.17) is 0 Å². The minimum atomic E-state index is 0.429. The Kier molecular flexibility index (Phi) is 2.83. The first-order chi connectivity index (χ1) is 8.29. The van der Waals surface area contributed by atoms with Crippen molar-refractivity contribution in [1.29, 1.82) is 0 Å². The minimum absolute atomic E-state index is 0.429. The van der Waals surface area contributed by atoms with Crippen molar-refractivity contribution in [3.63, 3.8) is 0 Å². The van der Waals surface area contributed by atoms with Gasteiger partial charge in [-0.3, -0.25) is 4.90 Å². The number of phenols is 1. The van der Waals surface area contributed by atoms with Crippen LogP contribution in [0.15, 0.2) is 18.2 Å². The predicted octanol–water partition coefficient (Wildman–Crippen LogP) is 2.91. The number of benzene rings is 1. The fourth-order valence-corrected chi connectivity index (χ4v) is 3.69. The molecule has 1 aliphatic heterocycles. The Balaban J connectivity index is 1.90. The zero-order valence-corrected chi connectivity index (χ0v) is 10.5. The van der Waals surface area contributed by atoms with Crippen LogP contribution in [0.5, 0.6) is 5.75 Å². The molecule has 0 amide bonds. The van der Waals surface area contributed by atoms with E-state index in [-0.39, 0.29) is 0 Å². The van der Waals surface area contributed by atoms with Crippen LogP contribution >= 0.6 is 0 Å². The van der Waals surface area contributed by atoms with Gasteiger partial charge in [-0.2, -0.15) is 0 Å². The molecule has 0 radical (unpaired) electrons. The molecule has 1 aromatic rings. The Hall–Kier alpha value is -1.02. The molecule has 1 N–H and O–H groups in total. The van der Waals surface area contributed by atoms with Gasteiger partial charge in [0.05, 0.1) is 0 Å². The van der Waals surface area contributed by atoms with Crippen molar-refractivity contribution in [2.75, 3.05) is 13.1 Å². The highest BCUT2D eigenvalue weighted by molar-refractivity contribution is 5.40. The van der Waals surface area contributed by atoms with E-state index in [1.807, 2.05) is 12.1 Å². The third-order valence-electron chi connectivity index (χ3n) is 4.41. The van der Waals surface area contributed by atoms with Gasteiger partial charge >= 0.3 is 0 Å². The van der Waals surface area contributed by atoms with Crippen LogP contribution in [0, 0.1) is 0 Å². The monoisotopic (exact) mass is 231 g/mol. The molecule has 0 saturated carbocycles. The molecule has 1 aliphatic carbocycles. The number of phenolic OH excluding ortho intramolecular Hbond substituents is 1. The average Bonchev–Trinajstić information content (AvgIpc) is 2.73. The van der Waals surface area contributed by atoms with Crippen molar-refractivity contribution in [3.05, 3.63) is 29.3 Å². The molecule has 3 rings (SSSR count). The molecule has 2 aliphatic rings. The Morgan fingerprint density at radius 3 is 3.06 bits per heavy atom. The summed E-state index contributed by atoms with van der Waals surface area (Å²) in [4.78, 5) is 2.65. The van der Waals surface area contributed by atoms with E-state index < -0.39 is 0 Å². The molecule has 1 fully saturated rings. The quantitative estimate of drug-likeness (QED) is 0.846. The molecule has 0 aromatic heterocycles. The summed E-state index contributed by atoms with van der Waals surface area (Å²) in [5, 5.41) is 9.66. The number of rotatable bonds is 2. The highest BCUT2D eigenvalue weighted by atomic mass is 16.3. The molecule has 2 heteroatoms. The Morgan fingerprint density at radius 1 is 1.35 bits per heavy atom. The fourth-order valence-electron chi connectivity index (χ4n) is 3.69. The first-order valence-electron chi connectivity index (χ1n) is 6.85. The van der Waals surface area contributed by atoms with E-state index in [2.05, 4.69) is 17.9 Å². The van der Waals surface area contributed by atoms with Crippen molar-refractivity contribution in [1.82, 2.24) is 4.90 Å². The van der Waals surface area contributed by atoms with Crippen molar-refractivity contribution in [2.24, 2.45) is 0 Å². The second-order valence-electron chi connectivity index (χ2n) is 5.42. The standard InChI is InChI=1S/C15H21NO/c1-2-8-16-9-7-13-14-10-12(17)5-3-11(14)4-6-15(13)16/h3,5,10,13,15,17H,2,4,6-9H2,1H3/t13-,15+/m0/s1. The van der Waals surface area contributed by atoms with E-state index >= 15 is 0 Å². The molecule has 2 nitrogen and oxygen atoms in total. The largest absolute Gasteiger partial charge is 0.508 e. The summed E-state index contributed by atoms with van der Waals surface area (Å²) in [6.07, 6.45) is 4.98. The summed E-state index contributed by atoms with van der Waals surface area (Å²) in [5.41, 5.74) is 2.88. The van der Waals surface area contributed by atoms with Crippen molar-refractivity contribution >= 4 is 0 Å². The summed E-state index contributed by atoms with van der Waals surface area (Å²) in [6, 6.07) is 6.67. The van der Waals surface area contributed by atoms with Crippen LogP contribution in [-0.4, -0.2) is 29.1 Å². The average molecular weight is 231 g/mol. The van der Waals surface area contributed by atoms with Gasteiger partial charge in [0.1, 0.15) is 5.75 Å². The van der Waals surface area contributed by atoms with Gasteiger partial charge in [0.15, 0.2) is 0 Å². The van der Waals surface area contributed by atoms with Crippen molar-refractivity contribution in [3.8, 4) is 5.75 Å². The molecular weight excluding hydrogens is 210 g/mol. The lowest BCUT2D eigenvalue weighted by atomic mass is 9.79. The summed E-state index contributed by atoms with van der Waals surface area (Å²) in [5.74, 6) is 1.09. The first-order valence-corrected chi connectivity index (χ1v) is 6.85. The maximum Gasteiger partial charge on any atom is 0.115 e. The van der Waals surface area contributed by atoms with Gasteiger partial charge in [-0.15, -0.1) is 0 Å². The molecule has 92 valence electrons. The van der Waals surface area contributed by atoms with Gasteiger partial charge in [0.25, 0.3) is 0 Å². The van der Waals surface area contributed by atoms with Crippen LogP contribution in [0.25, 0.3) is 0 Å². The number of nitrogens with zero attached hydrogens (tertiary/aromatic N) is 1. The van der Waals surface area contributed by atoms with Crippen LogP contribution in [0.2, 0.25) is 0 Å². The SMILES string of the molecule is CCCN1CC[C@H]2c3cc(O)ccc3CC[C@H]21. The van der Waals surface area contributed by atoms with Crippen LogP contribution in [-0.2, 0) is 6.42 Å². The highest BCUT2D eigenvalue weighted by Crippen LogP contribution is 2.42. The normalized spacial score (nSPS) is 27.8. The minimum Gasteiger partial charge on any atom is -0.508 e. The lowest BCUT2D eigenvalue weighted by molar-refractivity contribution is 0.227. The van der Waals surface area contributed by atoms with Gasteiger partial charge in [-0.1, -0.05) is 13.0 Å². The summed E-state index contributed by atoms with van der Waals surface area (Å²) >= 11 is 0. The van der Waals surface area contributed by atoms with Crippen molar-refractivity contribution < 1.29 is 5.11 Å². The molecule has 2 atom stereocenters. The third-order valence-corrected chi connectivity index (χ3v) is 4.41. The number of likely N-dealkylation sites (tertiary alicyclic amines) is 1. The number of hydrogen-bond acceptors (Lipinski definition) is 2. The number of fused-ring (bicyclic) bond motifs is 3. The molecule has 0 bridgehead atoms. The smallest absolute Gasteiger partial charge is 0.115 e. The zero-order valence-electron chi connectivity index (χ0n) is 10.5. The Labute approximate surface area is 103 Å². The van der Waals surface area contributed by atoms with Gasteiger partial charge in [-0.25, -0.2) is 0 Å².